The predicted octanol–water partition coefficient (Wildman–Crippen LogP) is 3.54. The second-order valence-corrected chi connectivity index (χ2v) is 4.62. The molecule has 1 N–H and O–H groups in total. The fourth-order valence-corrected chi connectivity index (χ4v) is 2.41. The van der Waals surface area contributed by atoms with Crippen molar-refractivity contribution in [3.63, 3.8) is 0 Å². The number of ether oxygens (including phenoxy) is 2. The molecular weight excluding hydrogens is 269 g/mol. The number of nitrogens with one attached hydrogen (secondary N) is 1. The van der Waals surface area contributed by atoms with Crippen LogP contribution in [0.5, 0.6) is 11.5 Å². The second-order valence-electron chi connectivity index (χ2n) is 4.62. The number of halogens is 1. The highest BCUT2D eigenvalue weighted by Crippen LogP contribution is 2.37. The first-order chi connectivity index (χ1) is 10.2. The van der Waals surface area contributed by atoms with E-state index in [1.807, 2.05) is 25.1 Å². The minimum absolute atomic E-state index is 0.123. The SMILES string of the molecule is CCNC(c1ccc(F)cc1)c1c(OC)cccc1OC. The molecule has 0 bridgehead atoms. The fraction of sp³-hybridized carbons (Fsp3) is 0.294. The van der Waals surface area contributed by atoms with Crippen molar-refractivity contribution in [3.05, 3.63) is 59.4 Å². The summed E-state index contributed by atoms with van der Waals surface area (Å²) in [6.07, 6.45) is 0. The molecule has 112 valence electrons. The van der Waals surface area contributed by atoms with Gasteiger partial charge in [0.05, 0.1) is 25.8 Å². The van der Waals surface area contributed by atoms with Gasteiger partial charge in [-0.25, -0.2) is 4.39 Å². The van der Waals surface area contributed by atoms with Crippen LogP contribution in [0.1, 0.15) is 24.1 Å². The van der Waals surface area contributed by atoms with Gasteiger partial charge in [-0.3, -0.25) is 0 Å². The summed E-state index contributed by atoms with van der Waals surface area (Å²) >= 11 is 0. The van der Waals surface area contributed by atoms with E-state index >= 15 is 0 Å². The van der Waals surface area contributed by atoms with E-state index in [0.717, 1.165) is 29.2 Å². The van der Waals surface area contributed by atoms with Crippen molar-refractivity contribution in [1.82, 2.24) is 5.32 Å². The van der Waals surface area contributed by atoms with Crippen LogP contribution in [0.4, 0.5) is 4.39 Å². The van der Waals surface area contributed by atoms with Gasteiger partial charge in [-0.15, -0.1) is 0 Å². The van der Waals surface area contributed by atoms with Crippen molar-refractivity contribution in [2.24, 2.45) is 0 Å². The Kier molecular flexibility index (Phi) is 5.17. The summed E-state index contributed by atoms with van der Waals surface area (Å²) in [6.45, 7) is 2.79. The van der Waals surface area contributed by atoms with E-state index in [9.17, 15) is 4.39 Å². The first kappa shape index (κ1) is 15.3. The highest BCUT2D eigenvalue weighted by molar-refractivity contribution is 5.50. The third-order valence-corrected chi connectivity index (χ3v) is 3.37. The van der Waals surface area contributed by atoms with Crippen molar-refractivity contribution in [2.45, 2.75) is 13.0 Å². The summed E-state index contributed by atoms with van der Waals surface area (Å²) in [7, 11) is 3.26. The van der Waals surface area contributed by atoms with E-state index in [1.165, 1.54) is 12.1 Å². The first-order valence-electron chi connectivity index (χ1n) is 6.91. The van der Waals surface area contributed by atoms with Crippen LogP contribution in [0, 0.1) is 5.82 Å². The predicted molar refractivity (Wildman–Crippen MR) is 81.5 cm³/mol. The van der Waals surface area contributed by atoms with Crippen LogP contribution in [0.25, 0.3) is 0 Å². The zero-order chi connectivity index (χ0) is 15.2. The standard InChI is InChI=1S/C17H20FNO2/c1-4-19-17(12-8-10-13(18)11-9-12)16-14(20-2)6-5-7-15(16)21-3/h5-11,17,19H,4H2,1-3H3. The lowest BCUT2D eigenvalue weighted by Crippen LogP contribution is -2.23. The van der Waals surface area contributed by atoms with E-state index in [1.54, 1.807) is 26.4 Å². The van der Waals surface area contributed by atoms with E-state index in [-0.39, 0.29) is 11.9 Å². The van der Waals surface area contributed by atoms with Crippen LogP contribution >= 0.6 is 0 Å². The molecule has 0 radical (unpaired) electrons. The van der Waals surface area contributed by atoms with E-state index in [0.29, 0.717) is 0 Å². The molecule has 0 heterocycles. The molecule has 2 rings (SSSR count). The molecule has 0 aliphatic rings. The topological polar surface area (TPSA) is 30.5 Å². The Morgan fingerprint density at radius 1 is 1.00 bits per heavy atom. The highest BCUT2D eigenvalue weighted by atomic mass is 19.1. The zero-order valence-corrected chi connectivity index (χ0v) is 12.5. The summed E-state index contributed by atoms with van der Waals surface area (Å²) in [5, 5.41) is 3.40. The first-order valence-corrected chi connectivity index (χ1v) is 6.91. The molecule has 3 nitrogen and oxygen atoms in total. The van der Waals surface area contributed by atoms with Gasteiger partial charge < -0.3 is 14.8 Å². The summed E-state index contributed by atoms with van der Waals surface area (Å²) in [4.78, 5) is 0. The highest BCUT2D eigenvalue weighted by Gasteiger charge is 2.21. The molecule has 0 aliphatic heterocycles. The molecular formula is C17H20FNO2. The molecule has 0 fully saturated rings. The Bertz CT molecular complexity index is 562. The van der Waals surface area contributed by atoms with Gasteiger partial charge in [0.1, 0.15) is 17.3 Å². The zero-order valence-electron chi connectivity index (χ0n) is 12.5. The lowest BCUT2D eigenvalue weighted by molar-refractivity contribution is 0.377. The number of benzene rings is 2. The summed E-state index contributed by atoms with van der Waals surface area (Å²) in [5.41, 5.74) is 1.87. The fourth-order valence-electron chi connectivity index (χ4n) is 2.41. The molecule has 0 saturated heterocycles. The van der Waals surface area contributed by atoms with Crippen LogP contribution in [-0.2, 0) is 0 Å². The molecule has 1 unspecified atom stereocenters. The van der Waals surface area contributed by atoms with Crippen LogP contribution < -0.4 is 14.8 Å². The van der Waals surface area contributed by atoms with E-state index < -0.39 is 0 Å². The minimum Gasteiger partial charge on any atom is -0.496 e. The summed E-state index contributed by atoms with van der Waals surface area (Å²) in [5.74, 6) is 1.23. The average molecular weight is 289 g/mol. The van der Waals surface area contributed by atoms with Gasteiger partial charge in [0.25, 0.3) is 0 Å². The molecule has 0 saturated carbocycles. The van der Waals surface area contributed by atoms with Crippen molar-refractivity contribution in [1.29, 1.82) is 0 Å². The van der Waals surface area contributed by atoms with Crippen LogP contribution in [0.3, 0.4) is 0 Å². The molecule has 2 aromatic rings. The Morgan fingerprint density at radius 2 is 1.57 bits per heavy atom. The van der Waals surface area contributed by atoms with Crippen molar-refractivity contribution in [3.8, 4) is 11.5 Å². The van der Waals surface area contributed by atoms with Gasteiger partial charge >= 0.3 is 0 Å². The largest absolute Gasteiger partial charge is 0.496 e. The Hall–Kier alpha value is -2.07. The second kappa shape index (κ2) is 7.09. The number of methoxy groups -OCH3 is 2. The van der Waals surface area contributed by atoms with Crippen LogP contribution in [0.15, 0.2) is 42.5 Å². The third-order valence-electron chi connectivity index (χ3n) is 3.37. The van der Waals surface area contributed by atoms with E-state index in [2.05, 4.69) is 5.32 Å². The number of hydrogen-bond acceptors (Lipinski definition) is 3. The van der Waals surface area contributed by atoms with Gasteiger partial charge in [-0.1, -0.05) is 25.1 Å². The van der Waals surface area contributed by atoms with Crippen LogP contribution in [-0.4, -0.2) is 20.8 Å². The number of hydrogen-bond donors (Lipinski definition) is 1. The maximum absolute atomic E-state index is 13.2. The Balaban J connectivity index is 2.54. The van der Waals surface area contributed by atoms with Crippen molar-refractivity contribution >= 4 is 0 Å². The quantitative estimate of drug-likeness (QED) is 0.882. The molecule has 0 aromatic heterocycles. The Labute approximate surface area is 124 Å². The lowest BCUT2D eigenvalue weighted by Gasteiger charge is -2.23. The smallest absolute Gasteiger partial charge is 0.127 e. The van der Waals surface area contributed by atoms with Gasteiger partial charge in [0.2, 0.25) is 0 Å². The Morgan fingerprint density at radius 3 is 2.05 bits per heavy atom. The van der Waals surface area contributed by atoms with Crippen molar-refractivity contribution < 1.29 is 13.9 Å². The van der Waals surface area contributed by atoms with Gasteiger partial charge in [-0.05, 0) is 36.4 Å². The molecule has 0 spiro atoms. The molecule has 21 heavy (non-hydrogen) atoms. The molecule has 0 aliphatic carbocycles. The maximum atomic E-state index is 13.2. The molecule has 0 amide bonds. The maximum Gasteiger partial charge on any atom is 0.127 e. The summed E-state index contributed by atoms with van der Waals surface area (Å²) < 4.78 is 24.1. The third kappa shape index (κ3) is 3.34. The molecule has 1 atom stereocenters. The van der Waals surface area contributed by atoms with Gasteiger partial charge in [0.15, 0.2) is 0 Å². The van der Waals surface area contributed by atoms with Gasteiger partial charge in [-0.2, -0.15) is 0 Å². The van der Waals surface area contributed by atoms with Crippen LogP contribution in [0.2, 0.25) is 0 Å². The average Bonchev–Trinajstić information content (AvgIpc) is 2.53. The number of rotatable bonds is 6. The normalized spacial score (nSPS) is 12.0. The molecule has 2 aromatic carbocycles. The lowest BCUT2D eigenvalue weighted by atomic mass is 9.96. The van der Waals surface area contributed by atoms with Crippen molar-refractivity contribution in [2.75, 3.05) is 20.8 Å². The monoisotopic (exact) mass is 289 g/mol. The molecule has 4 heteroatoms. The summed E-state index contributed by atoms with van der Waals surface area (Å²) in [6, 6.07) is 12.0. The minimum atomic E-state index is -0.249. The van der Waals surface area contributed by atoms with Gasteiger partial charge in [0, 0.05) is 0 Å². The van der Waals surface area contributed by atoms with E-state index in [4.69, 9.17) is 9.47 Å².